The van der Waals surface area contributed by atoms with Crippen LogP contribution in [0.2, 0.25) is 0 Å². The average Bonchev–Trinajstić information content (AvgIpc) is 2.87. The summed E-state index contributed by atoms with van der Waals surface area (Å²) in [4.78, 5) is 5.31. The molecule has 0 spiro atoms. The van der Waals surface area contributed by atoms with Crippen LogP contribution < -0.4 is 5.32 Å². The van der Waals surface area contributed by atoms with Crippen molar-refractivity contribution in [2.45, 2.75) is 65.8 Å². The minimum Gasteiger partial charge on any atom is -0.492 e. The molecule has 3 nitrogen and oxygen atoms in total. The summed E-state index contributed by atoms with van der Waals surface area (Å²) in [5.74, 6) is 1.36. The molecule has 2 N–H and O–H groups in total. The van der Waals surface area contributed by atoms with Gasteiger partial charge in [0, 0.05) is 6.04 Å². The Morgan fingerprint density at radius 2 is 2.05 bits per heavy atom. The van der Waals surface area contributed by atoms with Crippen molar-refractivity contribution < 1.29 is 5.11 Å². The molecule has 2 saturated carbocycles. The largest absolute Gasteiger partial charge is 0.492 e. The number of nitrogens with zero attached hydrogens (tertiary/aromatic N) is 1. The molecule has 20 heavy (non-hydrogen) atoms. The highest BCUT2D eigenvalue weighted by molar-refractivity contribution is 7.16. The van der Waals surface area contributed by atoms with Crippen molar-refractivity contribution in [3.05, 3.63) is 4.88 Å². The van der Waals surface area contributed by atoms with Crippen LogP contribution in [0.1, 0.15) is 64.7 Å². The van der Waals surface area contributed by atoms with Crippen LogP contribution in [-0.4, -0.2) is 16.1 Å². The SMILES string of the molecule is CC(C)c1sc(N[C@@H]2C[C@H]3CC[C@]2(C)C3(C)C)nc1O. The summed E-state index contributed by atoms with van der Waals surface area (Å²) in [7, 11) is 0. The van der Waals surface area contributed by atoms with E-state index in [0.29, 0.717) is 22.8 Å². The maximum atomic E-state index is 9.93. The fraction of sp³-hybridized carbons (Fsp3) is 0.812. The Kier molecular flexibility index (Phi) is 3.09. The zero-order valence-corrected chi connectivity index (χ0v) is 14.0. The highest BCUT2D eigenvalue weighted by Gasteiger charge is 2.61. The maximum absolute atomic E-state index is 9.93. The lowest BCUT2D eigenvalue weighted by molar-refractivity contribution is 0.142. The first-order chi connectivity index (χ1) is 9.25. The van der Waals surface area contributed by atoms with Crippen molar-refractivity contribution >= 4 is 16.5 Å². The number of thiazole rings is 1. The third-order valence-corrected chi connectivity index (χ3v) is 7.53. The molecule has 2 bridgehead atoms. The van der Waals surface area contributed by atoms with E-state index < -0.39 is 0 Å². The summed E-state index contributed by atoms with van der Waals surface area (Å²) in [6, 6.07) is 0.488. The van der Waals surface area contributed by atoms with Crippen molar-refractivity contribution in [1.29, 1.82) is 0 Å². The Labute approximate surface area is 125 Å². The summed E-state index contributed by atoms with van der Waals surface area (Å²) in [6.07, 6.45) is 3.90. The molecular weight excluding hydrogens is 268 g/mol. The number of fused-ring (bicyclic) bond motifs is 2. The highest BCUT2D eigenvalue weighted by atomic mass is 32.1. The molecule has 0 amide bonds. The quantitative estimate of drug-likeness (QED) is 0.856. The van der Waals surface area contributed by atoms with Gasteiger partial charge in [0.2, 0.25) is 5.88 Å². The topological polar surface area (TPSA) is 45.2 Å². The van der Waals surface area contributed by atoms with E-state index in [-0.39, 0.29) is 5.88 Å². The minimum atomic E-state index is 0.208. The lowest BCUT2D eigenvalue weighted by Crippen LogP contribution is -2.40. The van der Waals surface area contributed by atoms with Gasteiger partial charge in [-0.3, -0.25) is 0 Å². The Morgan fingerprint density at radius 1 is 1.35 bits per heavy atom. The molecule has 3 rings (SSSR count). The summed E-state index contributed by atoms with van der Waals surface area (Å²) < 4.78 is 0. The van der Waals surface area contributed by atoms with Gasteiger partial charge >= 0.3 is 0 Å². The molecule has 1 aromatic rings. The van der Waals surface area contributed by atoms with Crippen molar-refractivity contribution in [2.24, 2.45) is 16.7 Å². The van der Waals surface area contributed by atoms with Crippen LogP contribution in [0.5, 0.6) is 5.88 Å². The van der Waals surface area contributed by atoms with Gasteiger partial charge in [-0.1, -0.05) is 46.0 Å². The molecule has 2 aliphatic carbocycles. The Morgan fingerprint density at radius 3 is 2.50 bits per heavy atom. The van der Waals surface area contributed by atoms with Gasteiger partial charge in [-0.25, -0.2) is 0 Å². The number of aromatic nitrogens is 1. The van der Waals surface area contributed by atoms with E-state index in [1.54, 1.807) is 11.3 Å². The van der Waals surface area contributed by atoms with E-state index in [9.17, 15) is 5.11 Å². The van der Waals surface area contributed by atoms with Crippen molar-refractivity contribution in [3.8, 4) is 5.88 Å². The molecule has 0 saturated heterocycles. The summed E-state index contributed by atoms with van der Waals surface area (Å²) >= 11 is 1.61. The predicted octanol–water partition coefficient (Wildman–Crippen LogP) is 4.60. The second-order valence-corrected chi connectivity index (χ2v) is 8.70. The third kappa shape index (κ3) is 1.80. The number of anilines is 1. The van der Waals surface area contributed by atoms with Gasteiger partial charge in [0.05, 0.1) is 4.88 Å². The maximum Gasteiger partial charge on any atom is 0.227 e. The van der Waals surface area contributed by atoms with Crippen LogP contribution in [-0.2, 0) is 0 Å². The van der Waals surface area contributed by atoms with Crippen LogP contribution in [0.25, 0.3) is 0 Å². The molecular formula is C16H26N2OS. The molecule has 2 aliphatic rings. The van der Waals surface area contributed by atoms with E-state index in [0.717, 1.165) is 15.9 Å². The van der Waals surface area contributed by atoms with E-state index in [1.165, 1.54) is 19.3 Å². The zero-order valence-electron chi connectivity index (χ0n) is 13.2. The summed E-state index contributed by atoms with van der Waals surface area (Å²) in [5, 5.41) is 14.5. The molecule has 4 heteroatoms. The smallest absolute Gasteiger partial charge is 0.227 e. The van der Waals surface area contributed by atoms with Gasteiger partial charge in [0.1, 0.15) is 0 Å². The van der Waals surface area contributed by atoms with Gasteiger partial charge in [0.25, 0.3) is 0 Å². The monoisotopic (exact) mass is 294 g/mol. The Hall–Kier alpha value is -0.770. The third-order valence-electron chi connectivity index (χ3n) is 6.25. The average molecular weight is 294 g/mol. The molecule has 112 valence electrons. The van der Waals surface area contributed by atoms with Gasteiger partial charge in [-0.05, 0) is 41.9 Å². The zero-order chi connectivity index (χ0) is 14.7. The van der Waals surface area contributed by atoms with E-state index in [2.05, 4.69) is 44.9 Å². The number of aromatic hydroxyl groups is 1. The fourth-order valence-electron chi connectivity index (χ4n) is 4.33. The molecule has 3 atom stereocenters. The van der Waals surface area contributed by atoms with Crippen LogP contribution in [0, 0.1) is 16.7 Å². The molecule has 2 fully saturated rings. The lowest BCUT2D eigenvalue weighted by Gasteiger charge is -2.39. The van der Waals surface area contributed by atoms with Crippen molar-refractivity contribution in [2.75, 3.05) is 5.32 Å². The number of hydrogen-bond donors (Lipinski definition) is 2. The lowest BCUT2D eigenvalue weighted by atomic mass is 9.69. The predicted molar refractivity (Wildman–Crippen MR) is 84.5 cm³/mol. The standard InChI is InChI=1S/C16H26N2OS/c1-9(2)12-13(19)18-14(20-12)17-11-8-10-6-7-16(11,5)15(10,3)4/h9-11,19H,6-8H2,1-5H3,(H,17,18)/t10-,11-,16+/m1/s1. The molecule has 0 aliphatic heterocycles. The molecule has 0 radical (unpaired) electrons. The van der Waals surface area contributed by atoms with Crippen LogP contribution in [0.15, 0.2) is 0 Å². The first kappa shape index (κ1) is 14.2. The highest BCUT2D eigenvalue weighted by Crippen LogP contribution is 2.66. The van der Waals surface area contributed by atoms with E-state index in [1.807, 2.05) is 0 Å². The van der Waals surface area contributed by atoms with Crippen molar-refractivity contribution in [1.82, 2.24) is 4.98 Å². The van der Waals surface area contributed by atoms with Crippen LogP contribution in [0.3, 0.4) is 0 Å². The Balaban J connectivity index is 1.82. The molecule has 1 heterocycles. The molecule has 1 aromatic heterocycles. The second-order valence-electron chi connectivity index (χ2n) is 7.67. The first-order valence-corrected chi connectivity index (χ1v) is 8.53. The van der Waals surface area contributed by atoms with Gasteiger partial charge < -0.3 is 10.4 Å². The van der Waals surface area contributed by atoms with Crippen molar-refractivity contribution in [3.63, 3.8) is 0 Å². The fourth-order valence-corrected chi connectivity index (χ4v) is 5.25. The van der Waals surface area contributed by atoms with E-state index in [4.69, 9.17) is 0 Å². The molecule has 0 aromatic carbocycles. The second kappa shape index (κ2) is 4.36. The minimum absolute atomic E-state index is 0.208. The van der Waals surface area contributed by atoms with Gasteiger partial charge in [-0.15, -0.1) is 0 Å². The molecule has 0 unspecified atom stereocenters. The summed E-state index contributed by atoms with van der Waals surface area (Å²) in [6.45, 7) is 11.5. The first-order valence-electron chi connectivity index (χ1n) is 7.72. The normalized spacial score (nSPS) is 34.9. The number of hydrogen-bond acceptors (Lipinski definition) is 4. The number of nitrogens with one attached hydrogen (secondary N) is 1. The van der Waals surface area contributed by atoms with Crippen LogP contribution >= 0.6 is 11.3 Å². The summed E-state index contributed by atoms with van der Waals surface area (Å²) in [5.41, 5.74) is 0.752. The van der Waals surface area contributed by atoms with Crippen LogP contribution in [0.4, 0.5) is 5.13 Å². The number of rotatable bonds is 3. The van der Waals surface area contributed by atoms with Gasteiger partial charge in [-0.2, -0.15) is 4.98 Å². The van der Waals surface area contributed by atoms with E-state index >= 15 is 0 Å². The Bertz CT molecular complexity index is 523. The van der Waals surface area contributed by atoms with Gasteiger partial charge in [0.15, 0.2) is 5.13 Å².